The van der Waals surface area contributed by atoms with Crippen LogP contribution in [0, 0.1) is 6.42 Å². The highest BCUT2D eigenvalue weighted by atomic mass is 33.1. The summed E-state index contributed by atoms with van der Waals surface area (Å²) in [5, 5.41) is 0. The molecule has 1 fully saturated rings. The Morgan fingerprint density at radius 2 is 2.07 bits per heavy atom. The van der Waals surface area contributed by atoms with Gasteiger partial charge in [-0.1, -0.05) is 51.9 Å². The molecule has 1 aliphatic heterocycles. The Labute approximate surface area is 93.0 Å². The minimum Gasteiger partial charge on any atom is -0.372 e. The molecule has 1 atom stereocenters. The van der Waals surface area contributed by atoms with Gasteiger partial charge >= 0.3 is 0 Å². The Hall–Kier alpha value is -0.120. The van der Waals surface area contributed by atoms with Gasteiger partial charge in [0.05, 0.1) is 12.7 Å². The average molecular weight is 225 g/mol. The van der Waals surface area contributed by atoms with Crippen LogP contribution in [0.15, 0.2) is 30.3 Å². The fourth-order valence-corrected chi connectivity index (χ4v) is 3.34. The number of hydrogen-bond donors (Lipinski definition) is 0. The van der Waals surface area contributed by atoms with E-state index < -0.39 is 0 Å². The third kappa shape index (κ3) is 3.23. The first kappa shape index (κ1) is 10.4. The van der Waals surface area contributed by atoms with Crippen molar-refractivity contribution in [1.82, 2.24) is 0 Å². The molecule has 3 heteroatoms. The summed E-state index contributed by atoms with van der Waals surface area (Å²) in [6.07, 6.45) is 2.59. The molecule has 1 nitrogen and oxygen atoms in total. The van der Waals surface area contributed by atoms with Gasteiger partial charge in [0.1, 0.15) is 0 Å². The number of ether oxygens (including phenoxy) is 1. The molecule has 0 bridgehead atoms. The molecule has 1 aromatic carbocycles. The lowest BCUT2D eigenvalue weighted by Gasteiger charge is -2.20. The zero-order valence-electron chi connectivity index (χ0n) is 7.89. The summed E-state index contributed by atoms with van der Waals surface area (Å²) in [5.41, 5.74) is 1.25. The van der Waals surface area contributed by atoms with E-state index in [2.05, 4.69) is 18.6 Å². The standard InChI is InChI=1S/C11H13OS2/c1-2-4-10(5-3-1)8-12-11-6-7-13-14-9-11/h1-6,11H,7-9H2/t11-/m1/s1. The summed E-state index contributed by atoms with van der Waals surface area (Å²) in [5.74, 6) is 2.18. The van der Waals surface area contributed by atoms with Gasteiger partial charge in [-0.25, -0.2) is 0 Å². The summed E-state index contributed by atoms with van der Waals surface area (Å²) in [6, 6.07) is 10.3. The van der Waals surface area contributed by atoms with Crippen LogP contribution >= 0.6 is 21.6 Å². The second-order valence-electron chi connectivity index (χ2n) is 3.14. The lowest BCUT2D eigenvalue weighted by atomic mass is 10.2. The quantitative estimate of drug-likeness (QED) is 0.731. The molecule has 0 spiro atoms. The second-order valence-corrected chi connectivity index (χ2v) is 5.69. The van der Waals surface area contributed by atoms with Crippen LogP contribution in [-0.2, 0) is 11.3 Å². The Morgan fingerprint density at radius 3 is 2.79 bits per heavy atom. The van der Waals surface area contributed by atoms with E-state index in [0.29, 0.717) is 6.10 Å². The minimum absolute atomic E-state index is 0.335. The fourth-order valence-electron chi connectivity index (χ4n) is 1.27. The smallest absolute Gasteiger partial charge is 0.0721 e. The van der Waals surface area contributed by atoms with Gasteiger partial charge in [-0.05, 0) is 5.56 Å². The maximum Gasteiger partial charge on any atom is 0.0721 e. The largest absolute Gasteiger partial charge is 0.372 e. The first-order valence-electron chi connectivity index (χ1n) is 4.68. The molecule has 1 aromatic rings. The lowest BCUT2D eigenvalue weighted by molar-refractivity contribution is 0.0775. The molecule has 0 aromatic heterocycles. The highest BCUT2D eigenvalue weighted by Crippen LogP contribution is 2.30. The predicted molar refractivity (Wildman–Crippen MR) is 64.2 cm³/mol. The van der Waals surface area contributed by atoms with E-state index in [1.54, 1.807) is 0 Å². The van der Waals surface area contributed by atoms with Crippen LogP contribution < -0.4 is 0 Å². The second kappa shape index (κ2) is 5.69. The topological polar surface area (TPSA) is 9.23 Å². The van der Waals surface area contributed by atoms with Gasteiger partial charge in [0.15, 0.2) is 0 Å². The van der Waals surface area contributed by atoms with E-state index in [1.807, 2.05) is 39.8 Å². The molecule has 1 aliphatic rings. The van der Waals surface area contributed by atoms with Crippen molar-refractivity contribution in [3.63, 3.8) is 0 Å². The number of benzene rings is 1. The third-order valence-corrected chi connectivity index (χ3v) is 4.33. The average Bonchev–Trinajstić information content (AvgIpc) is 2.29. The van der Waals surface area contributed by atoms with Crippen molar-refractivity contribution in [3.05, 3.63) is 42.3 Å². The molecule has 0 amide bonds. The number of rotatable bonds is 3. The van der Waals surface area contributed by atoms with Crippen molar-refractivity contribution in [1.29, 1.82) is 0 Å². The molecule has 2 rings (SSSR count). The first-order chi connectivity index (χ1) is 6.95. The zero-order chi connectivity index (χ0) is 9.64. The van der Waals surface area contributed by atoms with Crippen molar-refractivity contribution < 1.29 is 4.74 Å². The molecule has 1 radical (unpaired) electrons. The molecule has 1 saturated heterocycles. The van der Waals surface area contributed by atoms with Gasteiger partial charge in [0.25, 0.3) is 0 Å². The van der Waals surface area contributed by atoms with Crippen molar-refractivity contribution >= 4 is 21.6 Å². The van der Waals surface area contributed by atoms with Gasteiger partial charge in [-0.2, -0.15) is 0 Å². The van der Waals surface area contributed by atoms with Crippen LogP contribution in [0.3, 0.4) is 0 Å². The summed E-state index contributed by atoms with van der Waals surface area (Å²) >= 11 is 0. The highest BCUT2D eigenvalue weighted by Gasteiger charge is 2.14. The van der Waals surface area contributed by atoms with Crippen LogP contribution in [0.4, 0.5) is 0 Å². The molecule has 0 aliphatic carbocycles. The van der Waals surface area contributed by atoms with Gasteiger partial charge < -0.3 is 4.74 Å². The van der Waals surface area contributed by atoms with E-state index >= 15 is 0 Å². The van der Waals surface area contributed by atoms with E-state index in [0.717, 1.165) is 18.1 Å². The normalized spacial score (nSPS) is 22.1. The van der Waals surface area contributed by atoms with E-state index in [-0.39, 0.29) is 0 Å². The Morgan fingerprint density at radius 1 is 1.21 bits per heavy atom. The summed E-state index contributed by atoms with van der Waals surface area (Å²) in [4.78, 5) is 0. The molecule has 0 saturated carbocycles. The van der Waals surface area contributed by atoms with Crippen molar-refractivity contribution in [2.75, 3.05) is 11.5 Å². The van der Waals surface area contributed by atoms with Crippen molar-refractivity contribution in [2.24, 2.45) is 0 Å². The van der Waals surface area contributed by atoms with Crippen molar-refractivity contribution in [3.8, 4) is 0 Å². The van der Waals surface area contributed by atoms with Gasteiger partial charge in [-0.3, -0.25) is 0 Å². The van der Waals surface area contributed by atoms with E-state index in [4.69, 9.17) is 4.74 Å². The predicted octanol–water partition coefficient (Wildman–Crippen LogP) is 3.17. The Balaban J connectivity index is 1.76. The molecular formula is C11H13OS2. The summed E-state index contributed by atoms with van der Waals surface area (Å²) in [6.45, 7) is 0.729. The summed E-state index contributed by atoms with van der Waals surface area (Å²) < 4.78 is 5.78. The SMILES string of the molecule is [CH]1CSSC[C@@H]1OCc1ccccc1. The van der Waals surface area contributed by atoms with Gasteiger partial charge in [0, 0.05) is 17.9 Å². The molecule has 14 heavy (non-hydrogen) atoms. The van der Waals surface area contributed by atoms with Gasteiger partial charge in [0.2, 0.25) is 0 Å². The Kier molecular flexibility index (Phi) is 4.22. The van der Waals surface area contributed by atoms with Crippen LogP contribution in [-0.4, -0.2) is 17.6 Å². The highest BCUT2D eigenvalue weighted by molar-refractivity contribution is 8.76. The minimum atomic E-state index is 0.335. The molecule has 1 heterocycles. The maximum atomic E-state index is 5.78. The van der Waals surface area contributed by atoms with Crippen molar-refractivity contribution in [2.45, 2.75) is 12.7 Å². The third-order valence-electron chi connectivity index (χ3n) is 2.05. The molecule has 0 N–H and O–H groups in total. The molecule has 75 valence electrons. The number of hydrogen-bond acceptors (Lipinski definition) is 3. The van der Waals surface area contributed by atoms with Gasteiger partial charge in [-0.15, -0.1) is 0 Å². The summed E-state index contributed by atoms with van der Waals surface area (Å²) in [7, 11) is 3.80. The van der Waals surface area contributed by atoms with E-state index in [1.165, 1.54) is 5.56 Å². The Bertz CT molecular complexity index is 257. The van der Waals surface area contributed by atoms with Crippen LogP contribution in [0.1, 0.15) is 5.56 Å². The maximum absolute atomic E-state index is 5.78. The fraction of sp³-hybridized carbons (Fsp3) is 0.364. The molecule has 0 unspecified atom stereocenters. The van der Waals surface area contributed by atoms with E-state index in [9.17, 15) is 0 Å². The van der Waals surface area contributed by atoms with Crippen LogP contribution in [0.2, 0.25) is 0 Å². The molecular weight excluding hydrogens is 212 g/mol. The van der Waals surface area contributed by atoms with Crippen LogP contribution in [0.25, 0.3) is 0 Å². The van der Waals surface area contributed by atoms with Crippen LogP contribution in [0.5, 0.6) is 0 Å². The monoisotopic (exact) mass is 225 g/mol. The lowest BCUT2D eigenvalue weighted by Crippen LogP contribution is -2.19. The zero-order valence-corrected chi connectivity index (χ0v) is 9.52. The first-order valence-corrected chi connectivity index (χ1v) is 7.17.